The van der Waals surface area contributed by atoms with E-state index in [0.717, 1.165) is 16.6 Å². The van der Waals surface area contributed by atoms with Crippen LogP contribution in [-0.2, 0) is 11.3 Å². The summed E-state index contributed by atoms with van der Waals surface area (Å²) in [6.07, 6.45) is 4.98. The van der Waals surface area contributed by atoms with Crippen molar-refractivity contribution < 1.29 is 14.1 Å². The van der Waals surface area contributed by atoms with E-state index in [0.29, 0.717) is 31.1 Å². The number of methoxy groups -OCH3 is 1. The van der Waals surface area contributed by atoms with Crippen LogP contribution in [0.15, 0.2) is 41.3 Å². The second kappa shape index (κ2) is 7.71. The van der Waals surface area contributed by atoms with E-state index in [1.165, 1.54) is 0 Å². The molecule has 0 saturated carbocycles. The Hall–Kier alpha value is -3.00. The highest BCUT2D eigenvalue weighted by atomic mass is 16.5. The van der Waals surface area contributed by atoms with E-state index in [-0.39, 0.29) is 6.03 Å². The molecule has 0 fully saturated rings. The van der Waals surface area contributed by atoms with Gasteiger partial charge in [-0.25, -0.2) is 9.78 Å². The maximum atomic E-state index is 12.7. The van der Waals surface area contributed by atoms with Crippen molar-refractivity contribution in [1.82, 2.24) is 20.0 Å². The van der Waals surface area contributed by atoms with Crippen LogP contribution in [0.2, 0.25) is 0 Å². The van der Waals surface area contributed by atoms with Gasteiger partial charge in [0, 0.05) is 32.6 Å². The number of carbonyl (C=O) groups is 1. The van der Waals surface area contributed by atoms with Crippen molar-refractivity contribution in [3.63, 3.8) is 0 Å². The smallest absolute Gasteiger partial charge is 0.322 e. The Kier molecular flexibility index (Phi) is 5.20. The van der Waals surface area contributed by atoms with Crippen LogP contribution in [0.4, 0.5) is 10.5 Å². The number of rotatable bonds is 6. The minimum Gasteiger partial charge on any atom is -0.383 e. The molecule has 0 aliphatic heterocycles. The number of fused-ring (bicyclic) bond motifs is 1. The fraction of sp³-hybridized carbons (Fsp3) is 0.294. The standard InChI is InChI=1S/C17H19N5O3/c1-12-15-8-14(10-19-16(15)25-21-12)20-17(23)22(6-7-24-2)11-13-4-3-5-18-9-13/h3-5,8-10H,6-7,11H2,1-2H3,(H,20,23). The first kappa shape index (κ1) is 16.8. The van der Waals surface area contributed by atoms with Crippen LogP contribution in [0, 0.1) is 6.92 Å². The van der Waals surface area contributed by atoms with E-state index in [1.807, 2.05) is 19.1 Å². The van der Waals surface area contributed by atoms with Gasteiger partial charge in [0.2, 0.25) is 0 Å². The number of carbonyl (C=O) groups excluding carboxylic acids is 1. The van der Waals surface area contributed by atoms with Gasteiger partial charge in [-0.1, -0.05) is 11.2 Å². The highest BCUT2D eigenvalue weighted by molar-refractivity contribution is 5.91. The van der Waals surface area contributed by atoms with Crippen LogP contribution >= 0.6 is 0 Å². The molecule has 0 aliphatic rings. The van der Waals surface area contributed by atoms with Crippen molar-refractivity contribution in [2.45, 2.75) is 13.5 Å². The van der Waals surface area contributed by atoms with Crippen molar-refractivity contribution in [1.29, 1.82) is 0 Å². The largest absolute Gasteiger partial charge is 0.383 e. The SMILES string of the molecule is COCCN(Cc1cccnc1)C(=O)Nc1cnc2onc(C)c2c1. The Bertz CT molecular complexity index is 850. The van der Waals surface area contributed by atoms with Gasteiger partial charge >= 0.3 is 6.03 Å². The zero-order chi connectivity index (χ0) is 17.6. The lowest BCUT2D eigenvalue weighted by atomic mass is 10.2. The first-order valence-corrected chi connectivity index (χ1v) is 7.83. The Morgan fingerprint density at radius 2 is 2.28 bits per heavy atom. The third-order valence-electron chi connectivity index (χ3n) is 3.71. The molecule has 2 amide bonds. The molecular formula is C17H19N5O3. The molecule has 3 rings (SSSR count). The molecule has 0 atom stereocenters. The quantitative estimate of drug-likeness (QED) is 0.741. The van der Waals surface area contributed by atoms with Gasteiger partial charge in [0.25, 0.3) is 5.71 Å². The minimum absolute atomic E-state index is 0.240. The van der Waals surface area contributed by atoms with Crippen LogP contribution in [-0.4, -0.2) is 46.3 Å². The first-order valence-electron chi connectivity index (χ1n) is 7.83. The summed E-state index contributed by atoms with van der Waals surface area (Å²) in [5, 5.41) is 7.49. The summed E-state index contributed by atoms with van der Waals surface area (Å²) in [7, 11) is 1.60. The molecule has 3 aromatic heterocycles. The Morgan fingerprint density at radius 3 is 3.04 bits per heavy atom. The van der Waals surface area contributed by atoms with E-state index in [1.54, 1.807) is 36.7 Å². The summed E-state index contributed by atoms with van der Waals surface area (Å²) in [6.45, 7) is 3.16. The molecule has 3 heterocycles. The lowest BCUT2D eigenvalue weighted by molar-refractivity contribution is 0.153. The fourth-order valence-corrected chi connectivity index (χ4v) is 2.38. The number of hydrogen-bond donors (Lipinski definition) is 1. The van der Waals surface area contributed by atoms with Gasteiger partial charge in [-0.15, -0.1) is 0 Å². The highest BCUT2D eigenvalue weighted by Gasteiger charge is 2.15. The summed E-state index contributed by atoms with van der Waals surface area (Å²) < 4.78 is 10.2. The third kappa shape index (κ3) is 4.10. The molecule has 0 bridgehead atoms. The maximum Gasteiger partial charge on any atom is 0.322 e. The van der Waals surface area contributed by atoms with Crippen molar-refractivity contribution in [2.75, 3.05) is 25.6 Å². The molecule has 0 radical (unpaired) electrons. The first-order chi connectivity index (χ1) is 12.2. The number of nitrogens with zero attached hydrogens (tertiary/aromatic N) is 4. The molecule has 3 aromatic rings. The summed E-state index contributed by atoms with van der Waals surface area (Å²) in [5.74, 6) is 0. The Labute approximate surface area is 144 Å². The number of amides is 2. The van der Waals surface area contributed by atoms with Gasteiger partial charge in [-0.05, 0) is 24.6 Å². The van der Waals surface area contributed by atoms with Crippen molar-refractivity contribution in [3.8, 4) is 0 Å². The fourth-order valence-electron chi connectivity index (χ4n) is 2.38. The second-order valence-corrected chi connectivity index (χ2v) is 5.55. The average Bonchev–Trinajstić information content (AvgIpc) is 3.00. The van der Waals surface area contributed by atoms with E-state index < -0.39 is 0 Å². The summed E-state index contributed by atoms with van der Waals surface area (Å²) >= 11 is 0. The number of hydrogen-bond acceptors (Lipinski definition) is 6. The monoisotopic (exact) mass is 341 g/mol. The van der Waals surface area contributed by atoms with Gasteiger partial charge in [0.05, 0.1) is 29.6 Å². The molecule has 1 N–H and O–H groups in total. The molecule has 0 spiro atoms. The Morgan fingerprint density at radius 1 is 1.40 bits per heavy atom. The zero-order valence-electron chi connectivity index (χ0n) is 14.1. The number of aromatic nitrogens is 3. The second-order valence-electron chi connectivity index (χ2n) is 5.55. The van der Waals surface area contributed by atoms with E-state index in [9.17, 15) is 4.79 Å². The summed E-state index contributed by atoms with van der Waals surface area (Å²) in [5.41, 5.74) is 2.70. The van der Waals surface area contributed by atoms with E-state index in [2.05, 4.69) is 20.4 Å². The molecule has 8 nitrogen and oxygen atoms in total. The normalized spacial score (nSPS) is 10.8. The Balaban J connectivity index is 1.74. The van der Waals surface area contributed by atoms with E-state index in [4.69, 9.17) is 9.26 Å². The van der Waals surface area contributed by atoms with Crippen LogP contribution in [0.5, 0.6) is 0 Å². The molecule has 0 saturated heterocycles. The molecule has 0 aromatic carbocycles. The van der Waals surface area contributed by atoms with Gasteiger partial charge in [0.15, 0.2) is 0 Å². The summed E-state index contributed by atoms with van der Waals surface area (Å²) in [6, 6.07) is 5.32. The van der Waals surface area contributed by atoms with Crippen molar-refractivity contribution >= 4 is 22.8 Å². The number of pyridine rings is 2. The number of anilines is 1. The lowest BCUT2D eigenvalue weighted by Gasteiger charge is -2.22. The molecule has 8 heteroatoms. The van der Waals surface area contributed by atoms with Crippen LogP contribution in [0.1, 0.15) is 11.3 Å². The molecule has 0 unspecified atom stereocenters. The van der Waals surface area contributed by atoms with Crippen LogP contribution < -0.4 is 5.32 Å². The molecule has 25 heavy (non-hydrogen) atoms. The third-order valence-corrected chi connectivity index (χ3v) is 3.71. The van der Waals surface area contributed by atoms with Gasteiger partial charge < -0.3 is 19.5 Å². The number of urea groups is 1. The van der Waals surface area contributed by atoms with Gasteiger partial charge in [0.1, 0.15) is 0 Å². The summed E-state index contributed by atoms with van der Waals surface area (Å²) in [4.78, 5) is 22.6. The highest BCUT2D eigenvalue weighted by Crippen LogP contribution is 2.20. The maximum absolute atomic E-state index is 12.7. The number of ether oxygens (including phenoxy) is 1. The van der Waals surface area contributed by atoms with Gasteiger partial charge in [-0.3, -0.25) is 4.98 Å². The molecular weight excluding hydrogens is 322 g/mol. The number of nitrogens with one attached hydrogen (secondary N) is 1. The predicted octanol–water partition coefficient (Wildman–Crippen LogP) is 2.61. The molecule has 130 valence electrons. The van der Waals surface area contributed by atoms with Crippen LogP contribution in [0.25, 0.3) is 11.1 Å². The van der Waals surface area contributed by atoms with Crippen LogP contribution in [0.3, 0.4) is 0 Å². The minimum atomic E-state index is -0.240. The average molecular weight is 341 g/mol. The van der Waals surface area contributed by atoms with Crippen molar-refractivity contribution in [2.24, 2.45) is 0 Å². The van der Waals surface area contributed by atoms with Gasteiger partial charge in [-0.2, -0.15) is 0 Å². The predicted molar refractivity (Wildman–Crippen MR) is 92.1 cm³/mol. The number of aryl methyl sites for hydroxylation is 1. The molecule has 0 aliphatic carbocycles. The lowest BCUT2D eigenvalue weighted by Crippen LogP contribution is -2.36. The van der Waals surface area contributed by atoms with Crippen molar-refractivity contribution in [3.05, 3.63) is 48.0 Å². The topological polar surface area (TPSA) is 93.4 Å². The van der Waals surface area contributed by atoms with E-state index >= 15 is 0 Å². The zero-order valence-corrected chi connectivity index (χ0v) is 14.1.